The van der Waals surface area contributed by atoms with Gasteiger partial charge < -0.3 is 10.1 Å². The van der Waals surface area contributed by atoms with Gasteiger partial charge in [-0.1, -0.05) is 42.5 Å². The van der Waals surface area contributed by atoms with Gasteiger partial charge in [0.1, 0.15) is 0 Å². The van der Waals surface area contributed by atoms with Crippen LogP contribution in [0.25, 0.3) is 10.8 Å². The molecule has 1 saturated carbocycles. The van der Waals surface area contributed by atoms with Gasteiger partial charge in [-0.15, -0.1) is 0 Å². The van der Waals surface area contributed by atoms with Crippen molar-refractivity contribution in [3.63, 3.8) is 0 Å². The van der Waals surface area contributed by atoms with Gasteiger partial charge in [0.25, 0.3) is 0 Å². The number of nitrogens with one attached hydrogen (secondary N) is 1. The lowest BCUT2D eigenvalue weighted by Gasteiger charge is -2.26. The summed E-state index contributed by atoms with van der Waals surface area (Å²) >= 11 is 0. The van der Waals surface area contributed by atoms with Gasteiger partial charge >= 0.3 is 0 Å². The van der Waals surface area contributed by atoms with Gasteiger partial charge in [-0.3, -0.25) is 9.69 Å². The highest BCUT2D eigenvalue weighted by Gasteiger charge is 2.44. The Morgan fingerprint density at radius 3 is 2.79 bits per heavy atom. The molecular weight excluding hydrogens is 300 g/mol. The van der Waals surface area contributed by atoms with Gasteiger partial charge in [0, 0.05) is 32.1 Å². The van der Waals surface area contributed by atoms with E-state index in [1.54, 1.807) is 0 Å². The lowest BCUT2D eigenvalue weighted by molar-refractivity contribution is -0.122. The van der Waals surface area contributed by atoms with Crippen LogP contribution in [0.1, 0.15) is 17.9 Å². The van der Waals surface area contributed by atoms with E-state index >= 15 is 0 Å². The number of benzene rings is 2. The molecule has 0 aromatic heterocycles. The Labute approximate surface area is 142 Å². The molecule has 4 heteroatoms. The van der Waals surface area contributed by atoms with Crippen molar-refractivity contribution in [3.8, 4) is 0 Å². The number of morpholine rings is 1. The Balaban J connectivity index is 1.33. The number of ether oxygens (including phenoxy) is 1. The van der Waals surface area contributed by atoms with E-state index in [9.17, 15) is 4.79 Å². The van der Waals surface area contributed by atoms with Gasteiger partial charge in [0.05, 0.1) is 13.2 Å². The lowest BCUT2D eigenvalue weighted by Crippen LogP contribution is -2.41. The van der Waals surface area contributed by atoms with E-state index in [4.69, 9.17) is 4.74 Å². The van der Waals surface area contributed by atoms with Gasteiger partial charge in [0.15, 0.2) is 0 Å². The summed E-state index contributed by atoms with van der Waals surface area (Å²) in [6, 6.07) is 14.9. The fourth-order valence-electron chi connectivity index (χ4n) is 3.70. The van der Waals surface area contributed by atoms with Crippen LogP contribution in [0.3, 0.4) is 0 Å². The fourth-order valence-corrected chi connectivity index (χ4v) is 3.70. The fraction of sp³-hybridized carbons (Fsp3) is 0.450. The zero-order chi connectivity index (χ0) is 16.4. The standard InChI is InChI=1S/C20H24N2O2/c23-20(21-8-9-22-10-12-24-13-11-22)19-14-18(19)17-7-3-5-15-4-1-2-6-16(15)17/h1-7,18-19H,8-14H2,(H,21,23)/t18-,19+/m0/s1. The molecule has 126 valence electrons. The first-order valence-corrected chi connectivity index (χ1v) is 8.88. The molecule has 2 aromatic carbocycles. The van der Waals surface area contributed by atoms with Crippen LogP contribution in [0.15, 0.2) is 42.5 Å². The van der Waals surface area contributed by atoms with Gasteiger partial charge in [-0.05, 0) is 28.7 Å². The molecule has 1 aliphatic carbocycles. The van der Waals surface area contributed by atoms with Crippen molar-refractivity contribution < 1.29 is 9.53 Å². The van der Waals surface area contributed by atoms with E-state index in [0.29, 0.717) is 5.92 Å². The maximum atomic E-state index is 12.4. The molecule has 24 heavy (non-hydrogen) atoms. The van der Waals surface area contributed by atoms with Crippen LogP contribution in [-0.4, -0.2) is 50.2 Å². The van der Waals surface area contributed by atoms with Crippen molar-refractivity contribution in [2.45, 2.75) is 12.3 Å². The molecule has 0 unspecified atom stereocenters. The van der Waals surface area contributed by atoms with Gasteiger partial charge in [-0.25, -0.2) is 0 Å². The number of carbonyl (C=O) groups is 1. The number of nitrogens with zero attached hydrogens (tertiary/aromatic N) is 1. The Kier molecular flexibility index (Phi) is 4.50. The molecule has 1 N–H and O–H groups in total. The number of rotatable bonds is 5. The lowest BCUT2D eigenvalue weighted by atomic mass is 10.00. The van der Waals surface area contributed by atoms with Crippen LogP contribution in [0.2, 0.25) is 0 Å². The van der Waals surface area contributed by atoms with Crippen molar-refractivity contribution in [1.82, 2.24) is 10.2 Å². The van der Waals surface area contributed by atoms with E-state index in [-0.39, 0.29) is 11.8 Å². The first-order chi connectivity index (χ1) is 11.8. The molecule has 2 aromatic rings. The minimum atomic E-state index is 0.139. The molecule has 4 rings (SSSR count). The maximum absolute atomic E-state index is 12.4. The second-order valence-corrected chi connectivity index (χ2v) is 6.76. The number of carbonyl (C=O) groups excluding carboxylic acids is 1. The van der Waals surface area contributed by atoms with E-state index in [0.717, 1.165) is 45.8 Å². The summed E-state index contributed by atoms with van der Waals surface area (Å²) in [4.78, 5) is 14.8. The molecule has 1 heterocycles. The summed E-state index contributed by atoms with van der Waals surface area (Å²) in [5.41, 5.74) is 1.32. The molecule has 0 radical (unpaired) electrons. The number of amides is 1. The summed E-state index contributed by atoms with van der Waals surface area (Å²) in [6.07, 6.45) is 0.970. The van der Waals surface area contributed by atoms with E-state index in [1.165, 1.54) is 16.3 Å². The second kappa shape index (κ2) is 6.91. The highest BCUT2D eigenvalue weighted by Crippen LogP contribution is 2.49. The Morgan fingerprint density at radius 1 is 1.12 bits per heavy atom. The average Bonchev–Trinajstić information content (AvgIpc) is 3.43. The van der Waals surface area contributed by atoms with Crippen molar-refractivity contribution >= 4 is 16.7 Å². The summed E-state index contributed by atoms with van der Waals surface area (Å²) in [5, 5.41) is 5.66. The zero-order valence-corrected chi connectivity index (χ0v) is 13.9. The third-order valence-corrected chi connectivity index (χ3v) is 5.18. The zero-order valence-electron chi connectivity index (χ0n) is 13.9. The highest BCUT2D eigenvalue weighted by atomic mass is 16.5. The Bertz CT molecular complexity index is 719. The maximum Gasteiger partial charge on any atom is 0.223 e. The summed E-state index contributed by atoms with van der Waals surface area (Å²) in [5.74, 6) is 0.723. The third-order valence-electron chi connectivity index (χ3n) is 5.18. The Morgan fingerprint density at radius 2 is 1.92 bits per heavy atom. The second-order valence-electron chi connectivity index (χ2n) is 6.76. The monoisotopic (exact) mass is 324 g/mol. The van der Waals surface area contributed by atoms with Crippen LogP contribution < -0.4 is 5.32 Å². The molecular formula is C20H24N2O2. The van der Waals surface area contributed by atoms with E-state index in [2.05, 4.69) is 52.7 Å². The normalized spacial score (nSPS) is 24.0. The summed E-state index contributed by atoms with van der Waals surface area (Å²) in [6.45, 7) is 5.20. The van der Waals surface area contributed by atoms with Crippen LogP contribution >= 0.6 is 0 Å². The third kappa shape index (κ3) is 3.30. The topological polar surface area (TPSA) is 41.6 Å². The molecule has 2 fully saturated rings. The number of hydrogen-bond donors (Lipinski definition) is 1. The predicted molar refractivity (Wildman–Crippen MR) is 95.1 cm³/mol. The molecule has 0 bridgehead atoms. The number of fused-ring (bicyclic) bond motifs is 1. The van der Waals surface area contributed by atoms with Crippen molar-refractivity contribution in [3.05, 3.63) is 48.0 Å². The molecule has 2 aliphatic rings. The van der Waals surface area contributed by atoms with Crippen LogP contribution in [0, 0.1) is 5.92 Å². The minimum Gasteiger partial charge on any atom is -0.379 e. The van der Waals surface area contributed by atoms with Crippen molar-refractivity contribution in [2.75, 3.05) is 39.4 Å². The van der Waals surface area contributed by atoms with Crippen LogP contribution in [-0.2, 0) is 9.53 Å². The molecule has 0 spiro atoms. The van der Waals surface area contributed by atoms with Crippen LogP contribution in [0.5, 0.6) is 0 Å². The first kappa shape index (κ1) is 15.6. The molecule has 1 saturated heterocycles. The van der Waals surface area contributed by atoms with Gasteiger partial charge in [0.2, 0.25) is 5.91 Å². The van der Waals surface area contributed by atoms with Crippen LogP contribution in [0.4, 0.5) is 0 Å². The van der Waals surface area contributed by atoms with E-state index in [1.807, 2.05) is 0 Å². The first-order valence-electron chi connectivity index (χ1n) is 8.88. The van der Waals surface area contributed by atoms with Crippen molar-refractivity contribution in [2.24, 2.45) is 5.92 Å². The summed E-state index contributed by atoms with van der Waals surface area (Å²) in [7, 11) is 0. The molecule has 1 aliphatic heterocycles. The minimum absolute atomic E-state index is 0.139. The van der Waals surface area contributed by atoms with E-state index < -0.39 is 0 Å². The van der Waals surface area contributed by atoms with Crippen molar-refractivity contribution in [1.29, 1.82) is 0 Å². The predicted octanol–water partition coefficient (Wildman–Crippen LogP) is 2.39. The molecule has 2 atom stereocenters. The largest absolute Gasteiger partial charge is 0.379 e. The highest BCUT2D eigenvalue weighted by molar-refractivity contribution is 5.89. The summed E-state index contributed by atoms with van der Waals surface area (Å²) < 4.78 is 5.34. The molecule has 4 nitrogen and oxygen atoms in total. The Hall–Kier alpha value is -1.91. The number of hydrogen-bond acceptors (Lipinski definition) is 3. The molecule has 1 amide bonds. The quantitative estimate of drug-likeness (QED) is 0.918. The smallest absolute Gasteiger partial charge is 0.223 e. The van der Waals surface area contributed by atoms with Gasteiger partial charge in [-0.2, -0.15) is 0 Å². The average molecular weight is 324 g/mol. The SMILES string of the molecule is O=C(NCCN1CCOCC1)[C@@H]1C[C@H]1c1cccc2ccccc12.